The van der Waals surface area contributed by atoms with Crippen molar-refractivity contribution in [2.75, 3.05) is 26.5 Å². The van der Waals surface area contributed by atoms with E-state index in [1.165, 1.54) is 13.4 Å². The first-order valence-corrected chi connectivity index (χ1v) is 15.0. The summed E-state index contributed by atoms with van der Waals surface area (Å²) in [7, 11) is -1.93. The van der Waals surface area contributed by atoms with Gasteiger partial charge in [-0.1, -0.05) is 36.4 Å². The highest BCUT2D eigenvalue weighted by atomic mass is 32.2. The Kier molecular flexibility index (Phi) is 9.22. The minimum Gasteiger partial charge on any atom is -0.491 e. The Morgan fingerprint density at radius 2 is 1.62 bits per heavy atom. The quantitative estimate of drug-likeness (QED) is 0.319. The topological polar surface area (TPSA) is 114 Å². The Bertz CT molecular complexity index is 1480. The molecule has 0 unspecified atom stereocenters. The largest absolute Gasteiger partial charge is 0.491 e. The SMILES string of the molecule is COC(=O)C[C@@H]1C[C@@H](COc2ccc(-c3ccc(C#N)cc3)cc2)N(CCCc2ccc(S(C)(=O)=O)cc2)C1=O. The van der Waals surface area contributed by atoms with Crippen molar-refractivity contribution in [2.24, 2.45) is 5.92 Å². The summed E-state index contributed by atoms with van der Waals surface area (Å²) < 4.78 is 34.3. The van der Waals surface area contributed by atoms with Crippen molar-refractivity contribution in [2.45, 2.75) is 36.6 Å². The van der Waals surface area contributed by atoms with Crippen LogP contribution in [0.1, 0.15) is 30.4 Å². The Balaban J connectivity index is 1.38. The van der Waals surface area contributed by atoms with Crippen LogP contribution in [-0.4, -0.2) is 57.8 Å². The second-order valence-corrected chi connectivity index (χ2v) is 12.0. The number of benzene rings is 3. The molecule has 0 aromatic heterocycles. The molecule has 0 bridgehead atoms. The number of methoxy groups -OCH3 is 1. The van der Waals surface area contributed by atoms with Gasteiger partial charge in [-0.2, -0.15) is 5.26 Å². The highest BCUT2D eigenvalue weighted by Crippen LogP contribution is 2.30. The molecule has 1 aliphatic rings. The van der Waals surface area contributed by atoms with E-state index in [2.05, 4.69) is 6.07 Å². The fraction of sp³-hybridized carbons (Fsp3) is 0.323. The van der Waals surface area contributed by atoms with Crippen LogP contribution in [0.3, 0.4) is 0 Å². The van der Waals surface area contributed by atoms with E-state index in [-0.39, 0.29) is 23.3 Å². The lowest BCUT2D eigenvalue weighted by Crippen LogP contribution is -2.38. The summed E-state index contributed by atoms with van der Waals surface area (Å²) in [6.45, 7) is 0.790. The molecule has 8 nitrogen and oxygen atoms in total. The first-order valence-electron chi connectivity index (χ1n) is 13.1. The summed E-state index contributed by atoms with van der Waals surface area (Å²) in [5.41, 5.74) is 3.59. The summed E-state index contributed by atoms with van der Waals surface area (Å²) in [5.74, 6) is -0.271. The van der Waals surface area contributed by atoms with Crippen LogP contribution >= 0.6 is 0 Å². The van der Waals surface area contributed by atoms with Crippen molar-refractivity contribution < 1.29 is 27.5 Å². The minimum atomic E-state index is -3.25. The lowest BCUT2D eigenvalue weighted by atomic mass is 10.0. The Morgan fingerprint density at radius 3 is 2.20 bits per heavy atom. The number of likely N-dealkylation sites (tertiary alicyclic amines) is 1. The number of carbonyl (C=O) groups is 2. The van der Waals surface area contributed by atoms with E-state index in [0.717, 1.165) is 16.7 Å². The van der Waals surface area contributed by atoms with E-state index in [1.807, 2.05) is 36.4 Å². The molecule has 1 fully saturated rings. The van der Waals surface area contributed by atoms with Gasteiger partial charge in [0.15, 0.2) is 9.84 Å². The zero-order chi connectivity index (χ0) is 28.7. The highest BCUT2D eigenvalue weighted by molar-refractivity contribution is 7.90. The van der Waals surface area contributed by atoms with Gasteiger partial charge in [0.1, 0.15) is 12.4 Å². The van der Waals surface area contributed by atoms with Crippen LogP contribution in [0.15, 0.2) is 77.7 Å². The molecule has 1 aliphatic heterocycles. The van der Waals surface area contributed by atoms with Gasteiger partial charge in [-0.3, -0.25) is 9.59 Å². The molecule has 1 heterocycles. The summed E-state index contributed by atoms with van der Waals surface area (Å²) >= 11 is 0. The van der Waals surface area contributed by atoms with Crippen molar-refractivity contribution in [1.82, 2.24) is 4.90 Å². The predicted molar refractivity (Wildman–Crippen MR) is 150 cm³/mol. The number of hydrogen-bond acceptors (Lipinski definition) is 7. The van der Waals surface area contributed by atoms with Crippen LogP contribution in [0.4, 0.5) is 0 Å². The molecule has 9 heteroatoms. The molecule has 0 saturated carbocycles. The molecule has 3 aromatic rings. The molecular formula is C31H32N2O6S. The normalized spacial score (nSPS) is 16.9. The van der Waals surface area contributed by atoms with Crippen molar-refractivity contribution in [3.8, 4) is 22.9 Å². The van der Waals surface area contributed by atoms with Gasteiger partial charge in [-0.05, 0) is 72.4 Å². The van der Waals surface area contributed by atoms with Gasteiger partial charge < -0.3 is 14.4 Å². The van der Waals surface area contributed by atoms with E-state index in [4.69, 9.17) is 14.7 Å². The van der Waals surface area contributed by atoms with E-state index in [0.29, 0.717) is 43.7 Å². The van der Waals surface area contributed by atoms with Crippen LogP contribution in [0.2, 0.25) is 0 Å². The predicted octanol–water partition coefficient (Wildman–Crippen LogP) is 4.42. The molecule has 40 heavy (non-hydrogen) atoms. The lowest BCUT2D eigenvalue weighted by molar-refractivity contribution is -0.144. The fourth-order valence-corrected chi connectivity index (χ4v) is 5.54. The Labute approximate surface area is 235 Å². The summed E-state index contributed by atoms with van der Waals surface area (Å²) in [5, 5.41) is 8.99. The molecule has 1 amide bonds. The maximum atomic E-state index is 13.2. The summed E-state index contributed by atoms with van der Waals surface area (Å²) in [6.07, 6.45) is 3.08. The van der Waals surface area contributed by atoms with Crippen molar-refractivity contribution >= 4 is 21.7 Å². The number of amides is 1. The van der Waals surface area contributed by atoms with Gasteiger partial charge >= 0.3 is 5.97 Å². The second kappa shape index (κ2) is 12.8. The van der Waals surface area contributed by atoms with Gasteiger partial charge in [0.25, 0.3) is 0 Å². The number of rotatable bonds is 11. The maximum Gasteiger partial charge on any atom is 0.306 e. The number of aryl methyl sites for hydroxylation is 1. The standard InChI is InChI=1S/C31H32N2O6S/c1-38-30(34)19-26-18-27(21-39-28-13-11-25(12-14-28)24-9-5-23(20-32)6-10-24)33(31(26)35)17-3-4-22-7-15-29(16-8-22)40(2,36)37/h5-16,26-27H,3-4,17-19,21H2,1-2H3/t26-,27-/m0/s1. The van der Waals surface area contributed by atoms with Gasteiger partial charge in [0, 0.05) is 12.8 Å². The number of sulfone groups is 1. The van der Waals surface area contributed by atoms with Gasteiger partial charge in [0.05, 0.1) is 42.0 Å². The van der Waals surface area contributed by atoms with Gasteiger partial charge in [0.2, 0.25) is 5.91 Å². The van der Waals surface area contributed by atoms with Crippen LogP contribution in [0.25, 0.3) is 11.1 Å². The molecule has 0 radical (unpaired) electrons. The second-order valence-electron chi connectivity index (χ2n) is 9.94. The number of hydrogen-bond donors (Lipinski definition) is 0. The van der Waals surface area contributed by atoms with Gasteiger partial charge in [-0.15, -0.1) is 0 Å². The van der Waals surface area contributed by atoms with Crippen LogP contribution in [-0.2, 0) is 30.6 Å². The minimum absolute atomic E-state index is 0.0363. The average molecular weight is 561 g/mol. The number of esters is 1. The molecular weight excluding hydrogens is 528 g/mol. The Hall–Kier alpha value is -4.16. The van der Waals surface area contributed by atoms with Gasteiger partial charge in [-0.25, -0.2) is 8.42 Å². The first-order chi connectivity index (χ1) is 19.2. The van der Waals surface area contributed by atoms with E-state index < -0.39 is 21.7 Å². The van der Waals surface area contributed by atoms with E-state index in [9.17, 15) is 18.0 Å². The third kappa shape index (κ3) is 7.27. The number of ether oxygens (including phenoxy) is 2. The number of nitrogens with zero attached hydrogens (tertiary/aromatic N) is 2. The average Bonchev–Trinajstić information content (AvgIpc) is 3.25. The monoisotopic (exact) mass is 560 g/mol. The third-order valence-electron chi connectivity index (χ3n) is 7.13. The zero-order valence-corrected chi connectivity index (χ0v) is 23.4. The Morgan fingerprint density at radius 1 is 1.00 bits per heavy atom. The van der Waals surface area contributed by atoms with E-state index >= 15 is 0 Å². The molecule has 1 saturated heterocycles. The third-order valence-corrected chi connectivity index (χ3v) is 8.26. The molecule has 208 valence electrons. The number of nitriles is 1. The first kappa shape index (κ1) is 28.8. The lowest BCUT2D eigenvalue weighted by Gasteiger charge is -2.25. The van der Waals surface area contributed by atoms with Crippen molar-refractivity contribution in [3.05, 3.63) is 83.9 Å². The molecule has 2 atom stereocenters. The van der Waals surface area contributed by atoms with Crippen LogP contribution in [0.5, 0.6) is 5.75 Å². The molecule has 0 N–H and O–H groups in total. The fourth-order valence-electron chi connectivity index (χ4n) is 4.91. The van der Waals surface area contributed by atoms with Crippen LogP contribution in [0, 0.1) is 17.2 Å². The zero-order valence-electron chi connectivity index (χ0n) is 22.6. The van der Waals surface area contributed by atoms with Crippen LogP contribution < -0.4 is 4.74 Å². The number of carbonyl (C=O) groups excluding carboxylic acids is 2. The highest BCUT2D eigenvalue weighted by Gasteiger charge is 2.40. The molecule has 3 aromatic carbocycles. The van der Waals surface area contributed by atoms with Crippen molar-refractivity contribution in [1.29, 1.82) is 5.26 Å². The summed E-state index contributed by atoms with van der Waals surface area (Å²) in [6, 6.07) is 23.7. The van der Waals surface area contributed by atoms with Crippen molar-refractivity contribution in [3.63, 3.8) is 0 Å². The van der Waals surface area contributed by atoms with E-state index in [1.54, 1.807) is 41.3 Å². The molecule has 0 spiro atoms. The smallest absolute Gasteiger partial charge is 0.306 e. The molecule has 0 aliphatic carbocycles. The molecule has 4 rings (SSSR count). The summed E-state index contributed by atoms with van der Waals surface area (Å²) in [4.78, 5) is 27.2. The maximum absolute atomic E-state index is 13.2.